The molecule has 0 saturated carbocycles. The van der Waals surface area contributed by atoms with Crippen LogP contribution in [0.2, 0.25) is 5.02 Å². The highest BCUT2D eigenvalue weighted by Gasteiger charge is 2.32. The number of aliphatic carboxylic acids is 1. The third-order valence-electron chi connectivity index (χ3n) is 7.63. The Hall–Kier alpha value is -2.44. The average molecular weight is 500 g/mol. The van der Waals surface area contributed by atoms with Gasteiger partial charge in [-0.2, -0.15) is 0 Å². The third kappa shape index (κ3) is 6.62. The molecular weight excluding hydrogens is 462 g/mol. The van der Waals surface area contributed by atoms with Crippen molar-refractivity contribution in [2.24, 2.45) is 17.8 Å². The van der Waals surface area contributed by atoms with Gasteiger partial charge in [-0.1, -0.05) is 30.7 Å². The first-order valence-electron chi connectivity index (χ1n) is 12.9. The summed E-state index contributed by atoms with van der Waals surface area (Å²) in [6.07, 6.45) is 5.12. The summed E-state index contributed by atoms with van der Waals surface area (Å²) in [7, 11) is 0. The number of ether oxygens (including phenoxy) is 1. The Morgan fingerprint density at radius 3 is 2.60 bits per heavy atom. The number of hydrogen-bond donors (Lipinski definition) is 3. The molecule has 2 heterocycles. The van der Waals surface area contributed by atoms with Crippen molar-refractivity contribution in [3.63, 3.8) is 0 Å². The van der Waals surface area contributed by atoms with Crippen LogP contribution >= 0.6 is 11.6 Å². The highest BCUT2D eigenvalue weighted by atomic mass is 35.5. The van der Waals surface area contributed by atoms with Crippen molar-refractivity contribution in [1.29, 1.82) is 0 Å². The summed E-state index contributed by atoms with van der Waals surface area (Å²) in [5.41, 5.74) is 3.65. The maximum absolute atomic E-state index is 11.4. The van der Waals surface area contributed by atoms with Crippen LogP contribution in [0.1, 0.15) is 44.6 Å². The van der Waals surface area contributed by atoms with Gasteiger partial charge in [0.15, 0.2) is 0 Å². The number of nitrogens with zero attached hydrogens (tertiary/aromatic N) is 1. The molecule has 3 atom stereocenters. The van der Waals surface area contributed by atoms with Gasteiger partial charge in [-0.3, -0.25) is 4.79 Å². The summed E-state index contributed by atoms with van der Waals surface area (Å²) in [6, 6.07) is 13.9. The molecule has 2 aromatic carbocycles. The van der Waals surface area contributed by atoms with Gasteiger partial charge in [0.2, 0.25) is 0 Å². The molecule has 6 nitrogen and oxygen atoms in total. The summed E-state index contributed by atoms with van der Waals surface area (Å²) in [4.78, 5) is 13.9. The number of piperidine rings is 1. The van der Waals surface area contributed by atoms with Gasteiger partial charge in [0.1, 0.15) is 18.5 Å². The van der Waals surface area contributed by atoms with Crippen LogP contribution in [0.4, 0.5) is 11.4 Å². The maximum Gasteiger partial charge on any atom is 0.306 e. The van der Waals surface area contributed by atoms with E-state index in [4.69, 9.17) is 16.3 Å². The predicted molar refractivity (Wildman–Crippen MR) is 143 cm³/mol. The van der Waals surface area contributed by atoms with E-state index in [-0.39, 0.29) is 12.1 Å². The van der Waals surface area contributed by atoms with E-state index in [0.717, 1.165) is 50.3 Å². The molecule has 1 fully saturated rings. The van der Waals surface area contributed by atoms with Crippen LogP contribution in [0.3, 0.4) is 0 Å². The molecule has 0 aromatic heterocycles. The van der Waals surface area contributed by atoms with Gasteiger partial charge in [-0.25, -0.2) is 0 Å². The van der Waals surface area contributed by atoms with Crippen molar-refractivity contribution in [2.45, 2.75) is 52.1 Å². The Labute approximate surface area is 214 Å². The largest absolute Gasteiger partial charge is 0.489 e. The summed E-state index contributed by atoms with van der Waals surface area (Å²) >= 11 is 6.03. The lowest BCUT2D eigenvalue weighted by atomic mass is 9.79. The number of carboxylic acid groups (broad SMARTS) is 1. The molecule has 7 heteroatoms. The van der Waals surface area contributed by atoms with E-state index in [9.17, 15) is 9.90 Å². The third-order valence-corrected chi connectivity index (χ3v) is 7.88. The van der Waals surface area contributed by atoms with Crippen LogP contribution < -0.4 is 20.3 Å². The van der Waals surface area contributed by atoms with Crippen LogP contribution in [-0.4, -0.2) is 43.5 Å². The SMILES string of the molecule is Cc1cccc2c1N(CCC(CCC(C)C(=O)O)C1CCNCC1)C(COc1ccc(Cl)cc1)N2. The number of carboxylic acids is 1. The van der Waals surface area contributed by atoms with Gasteiger partial charge in [0.25, 0.3) is 0 Å². The number of anilines is 2. The summed E-state index contributed by atoms with van der Waals surface area (Å²) in [6.45, 7) is 7.53. The van der Waals surface area contributed by atoms with Crippen LogP contribution in [0.5, 0.6) is 5.75 Å². The standard InChI is InChI=1S/C28H38ClN3O3/c1-19-4-3-5-25-27(19)32(26(31-25)18-35-24-10-8-23(29)9-11-24)17-14-21(7-6-20(2)28(33)34)22-12-15-30-16-13-22/h3-5,8-11,20-22,26,30-31H,6-7,12-18H2,1-2H3,(H,33,34). The molecule has 0 bridgehead atoms. The van der Waals surface area contributed by atoms with Crippen LogP contribution in [-0.2, 0) is 4.79 Å². The zero-order chi connectivity index (χ0) is 24.8. The minimum Gasteiger partial charge on any atom is -0.489 e. The number of para-hydroxylation sites is 1. The van der Waals surface area contributed by atoms with E-state index < -0.39 is 5.97 Å². The normalized spacial score (nSPS) is 19.6. The van der Waals surface area contributed by atoms with E-state index >= 15 is 0 Å². The van der Waals surface area contributed by atoms with E-state index in [1.54, 1.807) is 0 Å². The average Bonchev–Trinajstić information content (AvgIpc) is 3.22. The first kappa shape index (κ1) is 25.6. The second kappa shape index (κ2) is 12.0. The van der Waals surface area contributed by atoms with E-state index in [1.165, 1.54) is 24.1 Å². The van der Waals surface area contributed by atoms with Gasteiger partial charge in [0.05, 0.1) is 17.3 Å². The minimum atomic E-state index is -0.693. The molecule has 2 aliphatic rings. The lowest BCUT2D eigenvalue weighted by Gasteiger charge is -2.34. The van der Waals surface area contributed by atoms with Crippen molar-refractivity contribution in [3.8, 4) is 5.75 Å². The Kier molecular flexibility index (Phi) is 8.79. The Morgan fingerprint density at radius 2 is 1.89 bits per heavy atom. The van der Waals surface area contributed by atoms with Gasteiger partial charge < -0.3 is 25.4 Å². The molecular formula is C28H38ClN3O3. The quantitative estimate of drug-likeness (QED) is 0.363. The molecule has 190 valence electrons. The van der Waals surface area contributed by atoms with E-state index in [0.29, 0.717) is 23.5 Å². The zero-order valence-electron chi connectivity index (χ0n) is 20.8. The first-order chi connectivity index (χ1) is 16.9. The molecule has 0 spiro atoms. The van der Waals surface area contributed by atoms with Gasteiger partial charge in [-0.15, -0.1) is 0 Å². The Bertz CT molecular complexity index is 978. The number of halogens is 1. The molecule has 1 saturated heterocycles. The van der Waals surface area contributed by atoms with Crippen molar-refractivity contribution in [2.75, 3.05) is 36.5 Å². The summed E-state index contributed by atoms with van der Waals surface area (Å²) < 4.78 is 6.14. The highest BCUT2D eigenvalue weighted by molar-refractivity contribution is 6.30. The lowest BCUT2D eigenvalue weighted by molar-refractivity contribution is -0.141. The van der Waals surface area contributed by atoms with Crippen LogP contribution in [0.15, 0.2) is 42.5 Å². The van der Waals surface area contributed by atoms with Crippen LogP contribution in [0.25, 0.3) is 0 Å². The second-order valence-electron chi connectivity index (χ2n) is 10.0. The number of rotatable bonds is 11. The first-order valence-corrected chi connectivity index (χ1v) is 13.2. The fourth-order valence-electron chi connectivity index (χ4n) is 5.50. The Balaban J connectivity index is 1.46. The predicted octanol–water partition coefficient (Wildman–Crippen LogP) is 5.79. The minimum absolute atomic E-state index is 0.0355. The molecule has 2 aliphatic heterocycles. The molecule has 4 rings (SSSR count). The molecule has 2 aromatic rings. The van der Waals surface area contributed by atoms with Gasteiger partial charge in [-0.05, 0) is 99.8 Å². The monoisotopic (exact) mass is 499 g/mol. The molecule has 0 radical (unpaired) electrons. The summed E-state index contributed by atoms with van der Waals surface area (Å²) in [5, 5.41) is 17.2. The van der Waals surface area contributed by atoms with Crippen molar-refractivity contribution < 1.29 is 14.6 Å². The molecule has 0 aliphatic carbocycles. The van der Waals surface area contributed by atoms with Crippen molar-refractivity contribution in [3.05, 3.63) is 53.1 Å². The van der Waals surface area contributed by atoms with Crippen molar-refractivity contribution >= 4 is 28.9 Å². The number of carbonyl (C=O) groups is 1. The van der Waals surface area contributed by atoms with E-state index in [1.807, 2.05) is 31.2 Å². The van der Waals surface area contributed by atoms with Gasteiger partial charge >= 0.3 is 5.97 Å². The smallest absolute Gasteiger partial charge is 0.306 e. The lowest BCUT2D eigenvalue weighted by Crippen LogP contribution is -2.42. The van der Waals surface area contributed by atoms with E-state index in [2.05, 4.69) is 40.7 Å². The number of aryl methyl sites for hydroxylation is 1. The number of hydrogen-bond acceptors (Lipinski definition) is 5. The molecule has 0 amide bonds. The molecule has 35 heavy (non-hydrogen) atoms. The number of fused-ring (bicyclic) bond motifs is 1. The zero-order valence-corrected chi connectivity index (χ0v) is 21.6. The molecule has 3 unspecified atom stereocenters. The topological polar surface area (TPSA) is 73.8 Å². The molecule has 3 N–H and O–H groups in total. The van der Waals surface area contributed by atoms with Crippen LogP contribution in [0, 0.1) is 24.7 Å². The Morgan fingerprint density at radius 1 is 1.14 bits per heavy atom. The van der Waals surface area contributed by atoms with Crippen molar-refractivity contribution in [1.82, 2.24) is 5.32 Å². The number of nitrogens with one attached hydrogen (secondary N) is 2. The van der Waals surface area contributed by atoms with Gasteiger partial charge in [0, 0.05) is 11.6 Å². The highest BCUT2D eigenvalue weighted by Crippen LogP contribution is 2.39. The fourth-order valence-corrected chi connectivity index (χ4v) is 5.63. The number of benzene rings is 2. The maximum atomic E-state index is 11.4. The second-order valence-corrected chi connectivity index (χ2v) is 10.5. The summed E-state index contributed by atoms with van der Waals surface area (Å²) in [5.74, 6) is 0.981. The fraction of sp³-hybridized carbons (Fsp3) is 0.536.